The van der Waals surface area contributed by atoms with Crippen molar-refractivity contribution in [3.8, 4) is 5.75 Å². The summed E-state index contributed by atoms with van der Waals surface area (Å²) >= 11 is 6.30. The third-order valence-corrected chi connectivity index (χ3v) is 4.10. The van der Waals surface area contributed by atoms with Crippen LogP contribution in [-0.4, -0.2) is 13.7 Å². The van der Waals surface area contributed by atoms with Crippen molar-refractivity contribution in [2.24, 2.45) is 0 Å². The van der Waals surface area contributed by atoms with Crippen LogP contribution in [0.3, 0.4) is 0 Å². The molecule has 0 bridgehead atoms. The van der Waals surface area contributed by atoms with Gasteiger partial charge in [-0.05, 0) is 25.0 Å². The molecule has 0 unspecified atom stereocenters. The van der Waals surface area contributed by atoms with Crippen LogP contribution in [0.2, 0.25) is 5.02 Å². The largest absolute Gasteiger partial charge is 0.495 e. The van der Waals surface area contributed by atoms with Crippen molar-refractivity contribution in [1.82, 2.24) is 0 Å². The lowest BCUT2D eigenvalue weighted by molar-refractivity contribution is 0.272. The molecule has 1 saturated carbocycles. The number of hydrogen-bond acceptors (Lipinski definition) is 2. The summed E-state index contributed by atoms with van der Waals surface area (Å²) in [7, 11) is 1.71. The predicted molar refractivity (Wildman–Crippen MR) is 62.0 cm³/mol. The van der Waals surface area contributed by atoms with Crippen LogP contribution in [0, 0.1) is 0 Å². The number of hydrogen-bond donors (Lipinski definition) is 1. The van der Waals surface area contributed by atoms with Crippen LogP contribution in [-0.2, 0) is 5.41 Å². The SMILES string of the molecule is COc1ccc(Cl)c2c1NCC21CCC1. The fourth-order valence-electron chi connectivity index (χ4n) is 2.80. The minimum atomic E-state index is 0.307. The van der Waals surface area contributed by atoms with Crippen LogP contribution < -0.4 is 10.1 Å². The molecule has 1 fully saturated rings. The van der Waals surface area contributed by atoms with Crippen LogP contribution in [0.4, 0.5) is 5.69 Å². The van der Waals surface area contributed by atoms with Crippen LogP contribution >= 0.6 is 11.6 Å². The first-order valence-corrected chi connectivity index (χ1v) is 5.75. The molecule has 0 amide bonds. The highest BCUT2D eigenvalue weighted by Gasteiger charge is 2.46. The van der Waals surface area contributed by atoms with Crippen molar-refractivity contribution in [3.05, 3.63) is 22.7 Å². The van der Waals surface area contributed by atoms with Crippen LogP contribution in [0.5, 0.6) is 5.75 Å². The van der Waals surface area contributed by atoms with Crippen molar-refractivity contribution >= 4 is 17.3 Å². The zero-order valence-electron chi connectivity index (χ0n) is 8.77. The average molecular weight is 224 g/mol. The van der Waals surface area contributed by atoms with Crippen LogP contribution in [0.15, 0.2) is 12.1 Å². The second kappa shape index (κ2) is 3.05. The lowest BCUT2D eigenvalue weighted by atomic mass is 9.66. The summed E-state index contributed by atoms with van der Waals surface area (Å²) in [5, 5.41) is 4.33. The topological polar surface area (TPSA) is 21.3 Å². The molecule has 3 heteroatoms. The summed E-state index contributed by atoms with van der Waals surface area (Å²) in [4.78, 5) is 0. The molecule has 1 aliphatic heterocycles. The van der Waals surface area contributed by atoms with E-state index in [4.69, 9.17) is 16.3 Å². The molecule has 1 N–H and O–H groups in total. The summed E-state index contributed by atoms with van der Waals surface area (Å²) in [5.41, 5.74) is 2.71. The Bertz CT molecular complexity index is 412. The van der Waals surface area contributed by atoms with Crippen LogP contribution in [0.25, 0.3) is 0 Å². The number of benzene rings is 1. The normalized spacial score (nSPS) is 20.7. The van der Waals surface area contributed by atoms with Gasteiger partial charge in [-0.2, -0.15) is 0 Å². The molecule has 0 aromatic heterocycles. The third-order valence-electron chi connectivity index (χ3n) is 3.78. The van der Waals surface area contributed by atoms with E-state index in [1.807, 2.05) is 12.1 Å². The third kappa shape index (κ3) is 1.11. The molecule has 15 heavy (non-hydrogen) atoms. The fourth-order valence-corrected chi connectivity index (χ4v) is 3.16. The van der Waals surface area contributed by atoms with Crippen molar-refractivity contribution in [3.63, 3.8) is 0 Å². The number of methoxy groups -OCH3 is 1. The molecule has 1 aliphatic carbocycles. The minimum absolute atomic E-state index is 0.307. The van der Waals surface area contributed by atoms with Gasteiger partial charge in [-0.3, -0.25) is 0 Å². The molecule has 80 valence electrons. The Kier molecular flexibility index (Phi) is 1.90. The Balaban J connectivity index is 2.18. The van der Waals surface area contributed by atoms with Gasteiger partial charge >= 0.3 is 0 Å². The van der Waals surface area contributed by atoms with Gasteiger partial charge in [-0.1, -0.05) is 18.0 Å². The van der Waals surface area contributed by atoms with Gasteiger partial charge in [0, 0.05) is 22.5 Å². The summed E-state index contributed by atoms with van der Waals surface area (Å²) in [6.07, 6.45) is 3.81. The lowest BCUT2D eigenvalue weighted by Crippen LogP contribution is -2.36. The predicted octanol–water partition coefficient (Wildman–Crippen LogP) is 3.20. The first kappa shape index (κ1) is 9.34. The number of rotatable bonds is 1. The molecule has 1 aromatic rings. The van der Waals surface area contributed by atoms with E-state index in [1.165, 1.54) is 24.8 Å². The van der Waals surface area contributed by atoms with Gasteiger partial charge in [-0.25, -0.2) is 0 Å². The lowest BCUT2D eigenvalue weighted by Gasteiger charge is -2.38. The number of nitrogens with one attached hydrogen (secondary N) is 1. The molecule has 0 radical (unpaired) electrons. The smallest absolute Gasteiger partial charge is 0.142 e. The Morgan fingerprint density at radius 2 is 2.20 bits per heavy atom. The highest BCUT2D eigenvalue weighted by Crippen LogP contribution is 2.55. The Hall–Kier alpha value is -0.890. The average Bonchev–Trinajstić information content (AvgIpc) is 2.59. The van der Waals surface area contributed by atoms with E-state index in [9.17, 15) is 0 Å². The number of fused-ring (bicyclic) bond motifs is 2. The first-order chi connectivity index (χ1) is 7.27. The van der Waals surface area contributed by atoms with Gasteiger partial charge in [0.1, 0.15) is 5.75 Å². The van der Waals surface area contributed by atoms with Crippen molar-refractivity contribution in [1.29, 1.82) is 0 Å². The van der Waals surface area contributed by atoms with Gasteiger partial charge in [0.05, 0.1) is 12.8 Å². The maximum absolute atomic E-state index is 6.30. The second-order valence-electron chi connectivity index (χ2n) is 4.49. The van der Waals surface area contributed by atoms with Gasteiger partial charge in [0.15, 0.2) is 0 Å². The molecular weight excluding hydrogens is 210 g/mol. The molecule has 3 rings (SSSR count). The first-order valence-electron chi connectivity index (χ1n) is 5.38. The number of halogens is 1. The Labute approximate surface area is 94.6 Å². The van der Waals surface area contributed by atoms with Gasteiger partial charge in [-0.15, -0.1) is 0 Å². The van der Waals surface area contributed by atoms with Crippen LogP contribution in [0.1, 0.15) is 24.8 Å². The maximum Gasteiger partial charge on any atom is 0.142 e. The van der Waals surface area contributed by atoms with Crippen molar-refractivity contribution in [2.75, 3.05) is 19.0 Å². The van der Waals surface area contributed by atoms with E-state index in [2.05, 4.69) is 5.32 Å². The molecular formula is C12H14ClNO. The standard InChI is InChI=1S/C12H14ClNO/c1-15-9-4-3-8(13)10-11(9)14-7-12(10)5-2-6-12/h3-4,14H,2,5-7H2,1H3. The molecule has 0 saturated heterocycles. The molecule has 2 aliphatic rings. The molecule has 2 nitrogen and oxygen atoms in total. The zero-order chi connectivity index (χ0) is 10.5. The zero-order valence-corrected chi connectivity index (χ0v) is 9.53. The van der Waals surface area contributed by atoms with Crippen molar-refractivity contribution < 1.29 is 4.74 Å². The Morgan fingerprint density at radius 1 is 1.40 bits per heavy atom. The molecule has 1 spiro atoms. The van der Waals surface area contributed by atoms with E-state index in [0.717, 1.165) is 23.0 Å². The van der Waals surface area contributed by atoms with E-state index in [0.29, 0.717) is 5.41 Å². The van der Waals surface area contributed by atoms with Crippen molar-refractivity contribution in [2.45, 2.75) is 24.7 Å². The summed E-state index contributed by atoms with van der Waals surface area (Å²) in [6.45, 7) is 1.02. The van der Waals surface area contributed by atoms with Gasteiger partial charge in [0.2, 0.25) is 0 Å². The molecule has 0 atom stereocenters. The van der Waals surface area contributed by atoms with E-state index < -0.39 is 0 Å². The minimum Gasteiger partial charge on any atom is -0.495 e. The summed E-state index contributed by atoms with van der Waals surface area (Å²) < 4.78 is 5.35. The molecule has 1 heterocycles. The molecule has 1 aromatic carbocycles. The van der Waals surface area contributed by atoms with E-state index in [-0.39, 0.29) is 0 Å². The van der Waals surface area contributed by atoms with Gasteiger partial charge < -0.3 is 10.1 Å². The number of ether oxygens (including phenoxy) is 1. The van der Waals surface area contributed by atoms with E-state index >= 15 is 0 Å². The second-order valence-corrected chi connectivity index (χ2v) is 4.89. The number of anilines is 1. The highest BCUT2D eigenvalue weighted by molar-refractivity contribution is 6.32. The highest BCUT2D eigenvalue weighted by atomic mass is 35.5. The fraction of sp³-hybridized carbons (Fsp3) is 0.500. The maximum atomic E-state index is 6.30. The Morgan fingerprint density at radius 3 is 2.80 bits per heavy atom. The quantitative estimate of drug-likeness (QED) is 0.790. The summed E-state index contributed by atoms with van der Waals surface area (Å²) in [5.74, 6) is 0.915. The monoisotopic (exact) mass is 223 g/mol. The van der Waals surface area contributed by atoms with Gasteiger partial charge in [0.25, 0.3) is 0 Å². The summed E-state index contributed by atoms with van der Waals surface area (Å²) in [6, 6.07) is 3.89. The van der Waals surface area contributed by atoms with E-state index in [1.54, 1.807) is 7.11 Å².